The van der Waals surface area contributed by atoms with Gasteiger partial charge in [-0.2, -0.15) is 0 Å². The lowest BCUT2D eigenvalue weighted by Gasteiger charge is -2.35. The van der Waals surface area contributed by atoms with Crippen LogP contribution in [0.4, 0.5) is 0 Å². The minimum absolute atomic E-state index is 0.597. The van der Waals surface area contributed by atoms with E-state index in [9.17, 15) is 0 Å². The first kappa shape index (κ1) is 12.3. The molecule has 1 saturated heterocycles. The molecule has 3 aliphatic rings. The Labute approximate surface area is 110 Å². The van der Waals surface area contributed by atoms with Gasteiger partial charge in [0.2, 0.25) is 0 Å². The minimum atomic E-state index is 0.597. The third-order valence-corrected chi connectivity index (χ3v) is 4.62. The lowest BCUT2D eigenvalue weighted by molar-refractivity contribution is 0.144. The molecule has 4 heteroatoms. The number of aliphatic imine (C=N–C) groups is 1. The molecular weight excluding hydrogens is 224 g/mol. The molecule has 1 heterocycles. The number of nitrogens with zero attached hydrogens (tertiary/aromatic N) is 2. The molecular formula is C14H26N4. The Hall–Kier alpha value is -0.770. The maximum Gasteiger partial charge on any atom is 0.188 e. The van der Waals surface area contributed by atoms with Crippen molar-refractivity contribution in [1.29, 1.82) is 0 Å². The third kappa shape index (κ3) is 2.97. The number of likely N-dealkylation sites (tertiary alicyclic amines) is 1. The summed E-state index contributed by atoms with van der Waals surface area (Å²) < 4.78 is 0. The highest BCUT2D eigenvalue weighted by Crippen LogP contribution is 2.32. The van der Waals surface area contributed by atoms with Gasteiger partial charge < -0.3 is 11.1 Å². The van der Waals surface area contributed by atoms with Crippen LogP contribution < -0.4 is 11.1 Å². The van der Waals surface area contributed by atoms with Gasteiger partial charge in [-0.05, 0) is 51.5 Å². The molecule has 0 aromatic carbocycles. The van der Waals surface area contributed by atoms with Gasteiger partial charge in [0, 0.05) is 18.1 Å². The third-order valence-electron chi connectivity index (χ3n) is 4.62. The fraction of sp³-hybridized carbons (Fsp3) is 0.929. The molecule has 2 saturated carbocycles. The van der Waals surface area contributed by atoms with Gasteiger partial charge >= 0.3 is 0 Å². The van der Waals surface area contributed by atoms with Crippen LogP contribution in [0.2, 0.25) is 0 Å². The number of guanidine groups is 1. The number of piperidine rings is 1. The Morgan fingerprint density at radius 1 is 1.11 bits per heavy atom. The first-order valence-corrected chi connectivity index (χ1v) is 7.65. The molecule has 0 radical (unpaired) electrons. The smallest absolute Gasteiger partial charge is 0.188 e. The molecule has 0 spiro atoms. The van der Waals surface area contributed by atoms with Crippen molar-refractivity contribution < 1.29 is 0 Å². The summed E-state index contributed by atoms with van der Waals surface area (Å²) in [4.78, 5) is 7.26. The second-order valence-corrected chi connectivity index (χ2v) is 6.12. The van der Waals surface area contributed by atoms with Crippen molar-refractivity contribution >= 4 is 5.96 Å². The van der Waals surface area contributed by atoms with Crippen LogP contribution in [0.1, 0.15) is 51.4 Å². The Morgan fingerprint density at radius 3 is 2.61 bits per heavy atom. The van der Waals surface area contributed by atoms with E-state index in [-0.39, 0.29) is 0 Å². The summed E-state index contributed by atoms with van der Waals surface area (Å²) in [5.41, 5.74) is 5.96. The Kier molecular flexibility index (Phi) is 3.73. The van der Waals surface area contributed by atoms with Gasteiger partial charge in [0.25, 0.3) is 0 Å². The van der Waals surface area contributed by atoms with Gasteiger partial charge in [0.1, 0.15) is 0 Å². The number of rotatable bonds is 4. The zero-order valence-corrected chi connectivity index (χ0v) is 11.3. The molecule has 3 fully saturated rings. The van der Waals surface area contributed by atoms with Crippen LogP contribution in [0.15, 0.2) is 4.99 Å². The zero-order chi connectivity index (χ0) is 12.4. The van der Waals surface area contributed by atoms with Crippen molar-refractivity contribution in [3.8, 4) is 0 Å². The van der Waals surface area contributed by atoms with E-state index in [1.54, 1.807) is 0 Å². The average molecular weight is 250 g/mol. The van der Waals surface area contributed by atoms with Crippen molar-refractivity contribution in [2.24, 2.45) is 10.7 Å². The maximum atomic E-state index is 5.96. The van der Waals surface area contributed by atoms with Crippen LogP contribution in [0.5, 0.6) is 0 Å². The molecule has 1 unspecified atom stereocenters. The molecule has 3 N–H and O–H groups in total. The predicted molar refractivity (Wildman–Crippen MR) is 74.6 cm³/mol. The number of nitrogens with one attached hydrogen (secondary N) is 1. The molecule has 0 aromatic rings. The molecule has 0 aromatic heterocycles. The lowest BCUT2D eigenvalue weighted by Crippen LogP contribution is -2.46. The van der Waals surface area contributed by atoms with E-state index in [2.05, 4.69) is 15.2 Å². The Bertz CT molecular complexity index is 307. The molecule has 1 atom stereocenters. The topological polar surface area (TPSA) is 53.6 Å². The molecule has 18 heavy (non-hydrogen) atoms. The SMILES string of the molecule is NC(=NCC1CCCCN1C1CC1)NC1CCC1. The summed E-state index contributed by atoms with van der Waals surface area (Å²) >= 11 is 0. The van der Waals surface area contributed by atoms with Crippen LogP contribution in [-0.4, -0.2) is 42.1 Å². The summed E-state index contributed by atoms with van der Waals surface area (Å²) in [7, 11) is 0. The minimum Gasteiger partial charge on any atom is -0.370 e. The van der Waals surface area contributed by atoms with E-state index in [0.717, 1.165) is 12.6 Å². The van der Waals surface area contributed by atoms with Crippen molar-refractivity contribution in [2.75, 3.05) is 13.1 Å². The van der Waals surface area contributed by atoms with Gasteiger partial charge in [0.05, 0.1) is 6.54 Å². The first-order valence-electron chi connectivity index (χ1n) is 7.65. The van der Waals surface area contributed by atoms with Gasteiger partial charge in [0.15, 0.2) is 5.96 Å². The Balaban J connectivity index is 1.48. The second-order valence-electron chi connectivity index (χ2n) is 6.12. The van der Waals surface area contributed by atoms with Crippen LogP contribution in [0.3, 0.4) is 0 Å². The zero-order valence-electron chi connectivity index (χ0n) is 11.3. The fourth-order valence-corrected chi connectivity index (χ4v) is 3.12. The summed E-state index contributed by atoms with van der Waals surface area (Å²) in [5.74, 6) is 0.668. The molecule has 1 aliphatic heterocycles. The summed E-state index contributed by atoms with van der Waals surface area (Å²) in [6.45, 7) is 2.17. The largest absolute Gasteiger partial charge is 0.370 e. The van der Waals surface area contributed by atoms with Crippen molar-refractivity contribution in [1.82, 2.24) is 10.2 Å². The van der Waals surface area contributed by atoms with Gasteiger partial charge in [-0.3, -0.25) is 9.89 Å². The summed E-state index contributed by atoms with van der Waals surface area (Å²) in [6, 6.07) is 2.11. The van der Waals surface area contributed by atoms with E-state index in [0.29, 0.717) is 18.0 Å². The average Bonchev–Trinajstić information content (AvgIpc) is 3.16. The van der Waals surface area contributed by atoms with Crippen LogP contribution >= 0.6 is 0 Å². The summed E-state index contributed by atoms with van der Waals surface area (Å²) in [5, 5.41) is 3.32. The van der Waals surface area contributed by atoms with Crippen LogP contribution in [-0.2, 0) is 0 Å². The van der Waals surface area contributed by atoms with Gasteiger partial charge in [-0.1, -0.05) is 6.42 Å². The highest BCUT2D eigenvalue weighted by Gasteiger charge is 2.35. The van der Waals surface area contributed by atoms with Crippen molar-refractivity contribution in [3.05, 3.63) is 0 Å². The van der Waals surface area contributed by atoms with E-state index in [1.807, 2.05) is 0 Å². The molecule has 4 nitrogen and oxygen atoms in total. The number of hydrogen-bond acceptors (Lipinski definition) is 2. The van der Waals surface area contributed by atoms with Crippen LogP contribution in [0.25, 0.3) is 0 Å². The second kappa shape index (κ2) is 5.47. The van der Waals surface area contributed by atoms with Gasteiger partial charge in [-0.15, -0.1) is 0 Å². The van der Waals surface area contributed by atoms with Crippen LogP contribution in [0, 0.1) is 0 Å². The highest BCUT2D eigenvalue weighted by molar-refractivity contribution is 5.78. The Morgan fingerprint density at radius 2 is 1.94 bits per heavy atom. The maximum absolute atomic E-state index is 5.96. The van der Waals surface area contributed by atoms with E-state index < -0.39 is 0 Å². The van der Waals surface area contributed by atoms with E-state index in [1.165, 1.54) is 57.9 Å². The van der Waals surface area contributed by atoms with E-state index in [4.69, 9.17) is 5.73 Å². The van der Waals surface area contributed by atoms with Gasteiger partial charge in [-0.25, -0.2) is 0 Å². The van der Waals surface area contributed by atoms with E-state index >= 15 is 0 Å². The molecule has 102 valence electrons. The molecule has 2 aliphatic carbocycles. The monoisotopic (exact) mass is 250 g/mol. The normalized spacial score (nSPS) is 31.1. The molecule has 3 rings (SSSR count). The number of nitrogens with two attached hydrogens (primary N) is 1. The number of hydrogen-bond donors (Lipinski definition) is 2. The van der Waals surface area contributed by atoms with Crippen molar-refractivity contribution in [3.63, 3.8) is 0 Å². The highest BCUT2D eigenvalue weighted by atomic mass is 15.2. The molecule has 0 bridgehead atoms. The molecule has 0 amide bonds. The first-order chi connectivity index (χ1) is 8.83. The quantitative estimate of drug-likeness (QED) is 0.587. The standard InChI is InChI=1S/C14H26N4/c15-14(17-11-4-3-5-11)16-10-13-6-1-2-9-18(13)12-7-8-12/h11-13H,1-10H2,(H3,15,16,17). The lowest BCUT2D eigenvalue weighted by atomic mass is 9.93. The summed E-state index contributed by atoms with van der Waals surface area (Å²) in [6.07, 6.45) is 10.7. The fourth-order valence-electron chi connectivity index (χ4n) is 3.12. The predicted octanol–water partition coefficient (Wildman–Crippen LogP) is 1.46. The van der Waals surface area contributed by atoms with Crippen molar-refractivity contribution in [2.45, 2.75) is 69.5 Å².